The molecule has 2 unspecified atom stereocenters. The molecule has 4 rings (SSSR count). The molecule has 0 aliphatic carbocycles. The first-order valence-electron chi connectivity index (χ1n) is 12.6. The van der Waals surface area contributed by atoms with Gasteiger partial charge in [-0.3, -0.25) is 4.98 Å². The monoisotopic (exact) mass is 674 g/mol. The van der Waals surface area contributed by atoms with E-state index in [9.17, 15) is 10.2 Å². The van der Waals surface area contributed by atoms with Gasteiger partial charge in [0.05, 0.1) is 23.6 Å². The zero-order valence-corrected chi connectivity index (χ0v) is 24.6. The van der Waals surface area contributed by atoms with Crippen LogP contribution in [0.4, 0.5) is 0 Å². The fraction of sp³-hybridized carbons (Fsp3) is 0.312. The second kappa shape index (κ2) is 14.9. The smallest absolute Gasteiger partial charge is 0.0873 e. The van der Waals surface area contributed by atoms with E-state index >= 15 is 0 Å². The van der Waals surface area contributed by atoms with Crippen molar-refractivity contribution in [3.05, 3.63) is 96.7 Å². The van der Waals surface area contributed by atoms with Crippen LogP contribution in [0.2, 0.25) is 0 Å². The number of aryl methyl sites for hydroxylation is 1. The molecule has 37 heavy (non-hydrogen) atoms. The molecule has 0 aliphatic heterocycles. The van der Waals surface area contributed by atoms with Gasteiger partial charge in [-0.25, -0.2) is 0 Å². The summed E-state index contributed by atoms with van der Waals surface area (Å²) in [5, 5.41) is 18.8. The molecule has 0 amide bonds. The van der Waals surface area contributed by atoms with E-state index in [1.165, 1.54) is 5.56 Å². The van der Waals surface area contributed by atoms with Crippen molar-refractivity contribution >= 4 is 0 Å². The maximum Gasteiger partial charge on any atom is 0.0873 e. The summed E-state index contributed by atoms with van der Waals surface area (Å²) in [6.45, 7) is 9.91. The summed E-state index contributed by atoms with van der Waals surface area (Å²) in [7, 11) is 0. The molecule has 197 valence electrons. The Labute approximate surface area is 235 Å². The molecule has 5 heteroatoms. The summed E-state index contributed by atoms with van der Waals surface area (Å²) in [6, 6.07) is 29.7. The molecule has 1 heterocycles. The van der Waals surface area contributed by atoms with Crippen molar-refractivity contribution < 1.29 is 30.3 Å². The predicted molar refractivity (Wildman–Crippen MR) is 148 cm³/mol. The SMILES string of the molecule is CC(C)C(O)CC(O)C(C)C.Cc1ccc(-c2cnc(-c3[c-]cccc3)c(-c3ccccc3)n2)cc1.[Ir]. The Balaban J connectivity index is 0.000000344. The van der Waals surface area contributed by atoms with Crippen LogP contribution in [0.1, 0.15) is 39.7 Å². The number of hydrogen-bond acceptors (Lipinski definition) is 4. The third kappa shape index (κ3) is 8.98. The van der Waals surface area contributed by atoms with Crippen LogP contribution in [-0.2, 0) is 20.1 Å². The molecule has 3 aromatic carbocycles. The number of hydrogen-bond donors (Lipinski definition) is 2. The molecule has 0 bridgehead atoms. The van der Waals surface area contributed by atoms with Gasteiger partial charge in [0.15, 0.2) is 0 Å². The van der Waals surface area contributed by atoms with Crippen LogP contribution in [0.3, 0.4) is 0 Å². The van der Waals surface area contributed by atoms with Gasteiger partial charge < -0.3 is 15.2 Å². The van der Waals surface area contributed by atoms with Gasteiger partial charge in [0.1, 0.15) is 0 Å². The van der Waals surface area contributed by atoms with Crippen LogP contribution in [0.25, 0.3) is 33.8 Å². The van der Waals surface area contributed by atoms with Crippen molar-refractivity contribution in [2.24, 2.45) is 11.8 Å². The minimum atomic E-state index is -0.368. The molecule has 4 aromatic rings. The zero-order chi connectivity index (χ0) is 26.1. The van der Waals surface area contributed by atoms with Gasteiger partial charge in [-0.15, -0.1) is 35.9 Å². The Bertz CT molecular complexity index is 1180. The molecule has 0 aliphatic rings. The Morgan fingerprint density at radius 1 is 0.730 bits per heavy atom. The summed E-state index contributed by atoms with van der Waals surface area (Å²) in [4.78, 5) is 9.67. The van der Waals surface area contributed by atoms with Crippen molar-refractivity contribution in [2.45, 2.75) is 53.2 Å². The number of aromatic nitrogens is 2. The van der Waals surface area contributed by atoms with E-state index in [4.69, 9.17) is 9.97 Å². The molecule has 1 radical (unpaired) electrons. The van der Waals surface area contributed by atoms with E-state index in [0.29, 0.717) is 6.42 Å². The van der Waals surface area contributed by atoms with Crippen LogP contribution in [0.15, 0.2) is 85.1 Å². The fourth-order valence-electron chi connectivity index (χ4n) is 3.58. The van der Waals surface area contributed by atoms with E-state index in [2.05, 4.69) is 49.4 Å². The number of rotatable bonds is 7. The summed E-state index contributed by atoms with van der Waals surface area (Å²) >= 11 is 0. The summed E-state index contributed by atoms with van der Waals surface area (Å²) in [5.74, 6) is 0.479. The molecule has 0 fully saturated rings. The Kier molecular flexibility index (Phi) is 12.3. The van der Waals surface area contributed by atoms with E-state index in [1.54, 1.807) is 0 Å². The first-order chi connectivity index (χ1) is 17.3. The average Bonchev–Trinajstić information content (AvgIpc) is 2.90. The Morgan fingerprint density at radius 3 is 1.86 bits per heavy atom. The molecule has 2 N–H and O–H groups in total. The van der Waals surface area contributed by atoms with Crippen molar-refractivity contribution in [3.63, 3.8) is 0 Å². The molecule has 1 aromatic heterocycles. The first kappa shape index (κ1) is 30.5. The maximum absolute atomic E-state index is 9.39. The van der Waals surface area contributed by atoms with E-state index in [0.717, 1.165) is 33.8 Å². The Hall–Kier alpha value is -2.69. The van der Waals surface area contributed by atoms with Crippen molar-refractivity contribution in [2.75, 3.05) is 0 Å². The van der Waals surface area contributed by atoms with E-state index in [-0.39, 0.29) is 44.1 Å². The number of aliphatic hydroxyl groups is 2. The molecule has 0 saturated carbocycles. The van der Waals surface area contributed by atoms with E-state index < -0.39 is 0 Å². The molecule has 0 saturated heterocycles. The normalized spacial score (nSPS) is 12.4. The maximum atomic E-state index is 9.39. The van der Waals surface area contributed by atoms with Gasteiger partial charge in [-0.05, 0) is 30.7 Å². The fourth-order valence-corrected chi connectivity index (χ4v) is 3.58. The molecule has 4 nitrogen and oxygen atoms in total. The second-order valence-electron chi connectivity index (χ2n) is 9.82. The first-order valence-corrected chi connectivity index (χ1v) is 12.6. The van der Waals surface area contributed by atoms with Crippen LogP contribution in [-0.4, -0.2) is 32.4 Å². The van der Waals surface area contributed by atoms with Gasteiger partial charge in [0.2, 0.25) is 0 Å². The van der Waals surface area contributed by atoms with Gasteiger partial charge in [0.25, 0.3) is 0 Å². The quantitative estimate of drug-likeness (QED) is 0.208. The largest absolute Gasteiger partial charge is 0.393 e. The van der Waals surface area contributed by atoms with Crippen molar-refractivity contribution in [1.82, 2.24) is 9.97 Å². The molecule has 2 atom stereocenters. The molecular weight excluding hydrogens is 637 g/mol. The average molecular weight is 674 g/mol. The molecular formula is C32H37IrN2O2-. The zero-order valence-electron chi connectivity index (χ0n) is 22.2. The van der Waals surface area contributed by atoms with Crippen molar-refractivity contribution in [1.29, 1.82) is 0 Å². The Morgan fingerprint density at radius 2 is 1.32 bits per heavy atom. The summed E-state index contributed by atoms with van der Waals surface area (Å²) in [6.07, 6.45) is 1.60. The number of nitrogens with zero attached hydrogens (tertiary/aromatic N) is 2. The topological polar surface area (TPSA) is 66.2 Å². The van der Waals surface area contributed by atoms with Gasteiger partial charge in [0, 0.05) is 37.6 Å². The minimum Gasteiger partial charge on any atom is -0.393 e. The third-order valence-corrected chi connectivity index (χ3v) is 6.15. The summed E-state index contributed by atoms with van der Waals surface area (Å²) in [5.41, 5.74) is 6.90. The van der Waals surface area contributed by atoms with Crippen LogP contribution in [0, 0.1) is 24.8 Å². The minimum absolute atomic E-state index is 0. The van der Waals surface area contributed by atoms with Crippen molar-refractivity contribution in [3.8, 4) is 33.8 Å². The van der Waals surface area contributed by atoms with Crippen LogP contribution >= 0.6 is 0 Å². The van der Waals surface area contributed by atoms with Gasteiger partial charge in [-0.2, -0.15) is 0 Å². The van der Waals surface area contributed by atoms with Crippen LogP contribution in [0.5, 0.6) is 0 Å². The summed E-state index contributed by atoms with van der Waals surface area (Å²) < 4.78 is 0. The number of aliphatic hydroxyl groups excluding tert-OH is 2. The third-order valence-electron chi connectivity index (χ3n) is 6.15. The second-order valence-corrected chi connectivity index (χ2v) is 9.82. The van der Waals surface area contributed by atoms with Gasteiger partial charge >= 0.3 is 0 Å². The standard InChI is InChI=1S/C23H17N2.C9H20O2.Ir/c1-17-12-14-18(15-13-17)21-16-24-22(19-8-4-2-5-9-19)23(25-21)20-10-6-3-7-11-20;1-6(2)8(10)5-9(11)7(3)4;/h2-8,10-16H,1H3;6-11H,5H2,1-4H3;/q-1;;. The van der Waals surface area contributed by atoms with Crippen LogP contribution < -0.4 is 0 Å². The number of benzene rings is 3. The van der Waals surface area contributed by atoms with Gasteiger partial charge in [-0.1, -0.05) is 87.9 Å². The predicted octanol–water partition coefficient (Wildman–Crippen LogP) is 6.99. The molecule has 0 spiro atoms. The van der Waals surface area contributed by atoms with E-state index in [1.807, 2.05) is 76.4 Å².